The van der Waals surface area contributed by atoms with Crippen LogP contribution in [0.25, 0.3) is 0 Å². The lowest BCUT2D eigenvalue weighted by atomic mass is 9.79. The van der Waals surface area contributed by atoms with Gasteiger partial charge < -0.3 is 18.1 Å². The van der Waals surface area contributed by atoms with Crippen molar-refractivity contribution in [2.24, 2.45) is 5.41 Å². The normalized spacial score (nSPS) is 24.6. The van der Waals surface area contributed by atoms with Gasteiger partial charge >= 0.3 is 0 Å². The Kier molecular flexibility index (Phi) is 9.07. The van der Waals surface area contributed by atoms with Gasteiger partial charge in [0.05, 0.1) is 31.8 Å². The number of benzene rings is 2. The molecule has 6 heteroatoms. The van der Waals surface area contributed by atoms with Gasteiger partial charge in [-0.25, -0.2) is 0 Å². The zero-order chi connectivity index (χ0) is 30.8. The molecule has 2 saturated heterocycles. The number of hydrogen-bond acceptors (Lipinski definition) is 4. The predicted octanol–water partition coefficient (Wildman–Crippen LogP) is 9.15. The van der Waals surface area contributed by atoms with Crippen LogP contribution in [0.15, 0.2) is 24.3 Å². The van der Waals surface area contributed by atoms with Crippen LogP contribution in [0.2, 0.25) is 0 Å². The third-order valence-electron chi connectivity index (χ3n) is 8.06. The average Bonchev–Trinajstić information content (AvgIpc) is 2.82. The van der Waals surface area contributed by atoms with Crippen molar-refractivity contribution >= 4 is 27.4 Å². The van der Waals surface area contributed by atoms with Gasteiger partial charge in [0.25, 0.3) is 0 Å². The van der Waals surface area contributed by atoms with E-state index >= 15 is 0 Å². The summed E-state index contributed by atoms with van der Waals surface area (Å²) in [5.41, 5.74) is 7.54. The Morgan fingerprint density at radius 3 is 0.878 bits per heavy atom. The lowest BCUT2D eigenvalue weighted by molar-refractivity contribution is -0.0500. The molecular weight excluding hydrogens is 546 g/mol. The molecule has 0 amide bonds. The minimum absolute atomic E-state index is 0.0119. The van der Waals surface area contributed by atoms with Gasteiger partial charge in [-0.1, -0.05) is 118 Å². The van der Waals surface area contributed by atoms with Crippen molar-refractivity contribution in [3.63, 3.8) is 0 Å². The summed E-state index contributed by atoms with van der Waals surface area (Å²) in [6.45, 7) is 34.1. The maximum absolute atomic E-state index is 6.67. The topological polar surface area (TPSA) is 36.9 Å². The summed E-state index contributed by atoms with van der Waals surface area (Å²) in [6.07, 6.45) is 0. The quantitative estimate of drug-likeness (QED) is 0.322. The van der Waals surface area contributed by atoms with Gasteiger partial charge in [-0.2, -0.15) is 0 Å². The lowest BCUT2D eigenvalue weighted by Crippen LogP contribution is -2.47. The maximum atomic E-state index is 6.67. The van der Waals surface area contributed by atoms with Gasteiger partial charge in [-0.15, -0.1) is 0 Å². The van der Waals surface area contributed by atoms with Crippen LogP contribution in [-0.4, -0.2) is 26.4 Å². The Bertz CT molecular complexity index is 1080. The molecule has 4 rings (SSSR count). The molecule has 0 saturated carbocycles. The second-order valence-corrected chi connectivity index (χ2v) is 19.5. The number of aryl methyl sites for hydroxylation is 2. The first-order chi connectivity index (χ1) is 18.6. The third kappa shape index (κ3) is 7.11. The summed E-state index contributed by atoms with van der Waals surface area (Å²) in [4.78, 5) is 0. The lowest BCUT2D eigenvalue weighted by Gasteiger charge is -2.45. The molecule has 2 heterocycles. The van der Waals surface area contributed by atoms with Gasteiger partial charge in [-0.05, 0) is 57.8 Å². The van der Waals surface area contributed by atoms with Crippen LogP contribution < -0.4 is 10.6 Å². The molecule has 2 fully saturated rings. The summed E-state index contributed by atoms with van der Waals surface area (Å²) in [7, 11) is -2.41. The highest BCUT2D eigenvalue weighted by atomic mass is 31.2. The van der Waals surface area contributed by atoms with Gasteiger partial charge in [0, 0.05) is 10.6 Å². The van der Waals surface area contributed by atoms with Crippen LogP contribution >= 0.6 is 16.8 Å². The fourth-order valence-corrected chi connectivity index (χ4v) is 10.2. The van der Waals surface area contributed by atoms with E-state index in [1.54, 1.807) is 0 Å². The second kappa shape index (κ2) is 11.3. The number of rotatable bonds is 2. The zero-order valence-electron chi connectivity index (χ0n) is 28.2. The zero-order valence-corrected chi connectivity index (χ0v) is 30.0. The van der Waals surface area contributed by atoms with E-state index in [0.717, 1.165) is 0 Å². The Morgan fingerprint density at radius 1 is 0.463 bits per heavy atom. The van der Waals surface area contributed by atoms with E-state index in [2.05, 4.69) is 121 Å². The highest BCUT2D eigenvalue weighted by Crippen LogP contribution is 2.55. The van der Waals surface area contributed by atoms with Crippen LogP contribution in [0.4, 0.5) is 0 Å². The summed E-state index contributed by atoms with van der Waals surface area (Å²) < 4.78 is 26.7. The van der Waals surface area contributed by atoms with Crippen molar-refractivity contribution in [1.29, 1.82) is 0 Å². The van der Waals surface area contributed by atoms with Gasteiger partial charge in [0.1, 0.15) is 0 Å². The Morgan fingerprint density at radius 2 is 0.683 bits per heavy atom. The molecule has 2 aliphatic rings. The van der Waals surface area contributed by atoms with Crippen LogP contribution in [0, 0.1) is 19.3 Å². The van der Waals surface area contributed by atoms with Crippen molar-refractivity contribution in [2.75, 3.05) is 26.4 Å². The summed E-state index contributed by atoms with van der Waals surface area (Å²) in [5.74, 6) is 0. The first kappa shape index (κ1) is 33.0. The van der Waals surface area contributed by atoms with Gasteiger partial charge in [-0.3, -0.25) is 0 Å². The van der Waals surface area contributed by atoms with Crippen molar-refractivity contribution in [2.45, 2.75) is 119 Å². The average molecular weight is 601 g/mol. The smallest absolute Gasteiger partial charge is 0.205 e. The van der Waals surface area contributed by atoms with Crippen LogP contribution in [0.5, 0.6) is 0 Å². The Hall–Kier alpha value is -0.860. The molecule has 0 unspecified atom stereocenters. The fourth-order valence-electron chi connectivity index (χ4n) is 5.60. The molecule has 1 spiro atoms. The molecule has 0 bridgehead atoms. The first-order valence-corrected chi connectivity index (χ1v) is 17.4. The molecule has 0 aromatic heterocycles. The SMILES string of the molecule is Cc1cc(C(C)(C)C)c(P2OCC3(CO2)COP(c2c(C(C)(C)C)cc(C)cc2C(C)(C)C)OC3)c(C(C)(C)C)c1. The van der Waals surface area contributed by atoms with Crippen molar-refractivity contribution in [3.8, 4) is 0 Å². The van der Waals surface area contributed by atoms with E-state index in [9.17, 15) is 0 Å². The van der Waals surface area contributed by atoms with E-state index in [1.165, 1.54) is 44.0 Å². The molecule has 0 N–H and O–H groups in total. The summed E-state index contributed by atoms with van der Waals surface area (Å²) in [6, 6.07) is 9.30. The molecule has 4 nitrogen and oxygen atoms in total. The Labute approximate surface area is 253 Å². The molecular formula is C35H54O4P2. The van der Waals surface area contributed by atoms with Gasteiger partial charge in [0.15, 0.2) is 0 Å². The highest BCUT2D eigenvalue weighted by molar-refractivity contribution is 7.56. The maximum Gasteiger partial charge on any atom is 0.205 e. The second-order valence-electron chi connectivity index (χ2n) is 16.5. The van der Waals surface area contributed by atoms with Crippen LogP contribution in [-0.2, 0) is 39.8 Å². The first-order valence-electron chi connectivity index (χ1n) is 15.1. The van der Waals surface area contributed by atoms with E-state index in [-0.39, 0.29) is 27.1 Å². The number of hydrogen-bond donors (Lipinski definition) is 0. The van der Waals surface area contributed by atoms with E-state index < -0.39 is 16.8 Å². The van der Waals surface area contributed by atoms with Crippen molar-refractivity contribution in [1.82, 2.24) is 0 Å². The molecule has 0 atom stereocenters. The largest absolute Gasteiger partial charge is 0.330 e. The fraction of sp³-hybridized carbons (Fsp3) is 0.657. The van der Waals surface area contributed by atoms with Crippen LogP contribution in [0.3, 0.4) is 0 Å². The van der Waals surface area contributed by atoms with E-state index in [4.69, 9.17) is 18.1 Å². The minimum atomic E-state index is -1.21. The molecule has 2 aliphatic heterocycles. The molecule has 0 aliphatic carbocycles. The van der Waals surface area contributed by atoms with E-state index in [1.807, 2.05) is 0 Å². The van der Waals surface area contributed by atoms with Gasteiger partial charge in [0.2, 0.25) is 16.8 Å². The molecule has 2 aromatic rings. The van der Waals surface area contributed by atoms with Crippen LogP contribution in [0.1, 0.15) is 116 Å². The summed E-state index contributed by atoms with van der Waals surface area (Å²) in [5, 5.41) is 2.51. The third-order valence-corrected chi connectivity index (χ3v) is 11.2. The standard InChI is InChI=1S/C35H54O4P2/c1-23-15-25(31(3,4)5)29(26(16-23)32(6,7)8)40-36-19-35(20-37-40)21-38-41(39-22-35)30-27(33(9,10)11)17-24(2)18-28(30)34(12,13)14/h15-18H,19-22H2,1-14H3. The highest BCUT2D eigenvalue weighted by Gasteiger charge is 2.46. The Balaban J connectivity index is 1.60. The summed E-state index contributed by atoms with van der Waals surface area (Å²) >= 11 is 0. The van der Waals surface area contributed by atoms with Crippen molar-refractivity contribution < 1.29 is 18.1 Å². The molecule has 2 aromatic carbocycles. The minimum Gasteiger partial charge on any atom is -0.330 e. The molecule has 0 radical (unpaired) electrons. The predicted molar refractivity (Wildman–Crippen MR) is 177 cm³/mol. The monoisotopic (exact) mass is 600 g/mol. The van der Waals surface area contributed by atoms with E-state index in [0.29, 0.717) is 26.4 Å². The molecule has 41 heavy (non-hydrogen) atoms. The van der Waals surface area contributed by atoms with Crippen molar-refractivity contribution in [3.05, 3.63) is 57.6 Å². The molecule has 228 valence electrons.